The fraction of sp³-hybridized carbons (Fsp3) is 0.471. The average molecular weight is 351 g/mol. The Morgan fingerprint density at radius 3 is 2.28 bits per heavy atom. The first-order chi connectivity index (χ1) is 11.9. The summed E-state index contributed by atoms with van der Waals surface area (Å²) in [4.78, 5) is 37.2. The molecule has 25 heavy (non-hydrogen) atoms. The van der Waals surface area contributed by atoms with Gasteiger partial charge in [0.1, 0.15) is 0 Å². The molecule has 1 aromatic rings. The van der Waals surface area contributed by atoms with Crippen LogP contribution in [0.3, 0.4) is 0 Å². The van der Waals surface area contributed by atoms with Crippen molar-refractivity contribution in [1.29, 1.82) is 0 Å². The second-order valence-corrected chi connectivity index (χ2v) is 5.51. The normalized spacial score (nSPS) is 21.0. The number of carbonyl (C=O) groups is 3. The van der Waals surface area contributed by atoms with Crippen molar-refractivity contribution in [3.63, 3.8) is 0 Å². The van der Waals surface area contributed by atoms with E-state index in [4.69, 9.17) is 4.74 Å². The zero-order valence-electron chi connectivity index (χ0n) is 14.0. The fourth-order valence-electron chi connectivity index (χ4n) is 2.58. The first-order valence-electron chi connectivity index (χ1n) is 8.02. The van der Waals surface area contributed by atoms with Gasteiger partial charge in [-0.25, -0.2) is 9.59 Å². The number of hydrogen-bond acceptors (Lipinski definition) is 8. The van der Waals surface area contributed by atoms with Crippen LogP contribution in [0.1, 0.15) is 24.2 Å². The molecule has 2 N–H and O–H groups in total. The molecule has 136 valence electrons. The van der Waals surface area contributed by atoms with Gasteiger partial charge < -0.3 is 24.6 Å². The molecule has 1 fully saturated rings. The number of esters is 2. The lowest BCUT2D eigenvalue weighted by molar-refractivity contribution is -0.151. The minimum Gasteiger partial charge on any atom is -0.452 e. The number of carbonyl (C=O) groups excluding carboxylic acids is 3. The summed E-state index contributed by atoms with van der Waals surface area (Å²) in [7, 11) is 0. The highest BCUT2D eigenvalue weighted by Crippen LogP contribution is 2.19. The summed E-state index contributed by atoms with van der Waals surface area (Å²) in [5.41, 5.74) is 1.18. The molecule has 1 aromatic carbocycles. The number of aliphatic hydroxyl groups excluding tert-OH is 2. The van der Waals surface area contributed by atoms with Crippen molar-refractivity contribution in [2.24, 2.45) is 0 Å². The van der Waals surface area contributed by atoms with Gasteiger partial charge in [0.2, 0.25) is 18.0 Å². The Labute approximate surface area is 144 Å². The van der Waals surface area contributed by atoms with Crippen LogP contribution in [0, 0.1) is 0 Å². The van der Waals surface area contributed by atoms with Crippen LogP contribution in [-0.4, -0.2) is 65.9 Å². The van der Waals surface area contributed by atoms with Crippen LogP contribution in [0.2, 0.25) is 0 Å². The smallest absolute Gasteiger partial charge is 0.343 e. The summed E-state index contributed by atoms with van der Waals surface area (Å²) in [6.45, 7) is 4.96. The van der Waals surface area contributed by atoms with Crippen LogP contribution in [0.5, 0.6) is 0 Å². The summed E-state index contributed by atoms with van der Waals surface area (Å²) in [6.07, 6.45) is -4.79. The third-order valence-corrected chi connectivity index (χ3v) is 4.02. The SMILES string of the molecule is CCN(CC)c1ccc(C(=O)OC(CO)C2OC(=O)C(O)C2=O)cc1. The predicted octanol–water partition coefficient (Wildman–Crippen LogP) is -0.0941. The van der Waals surface area contributed by atoms with Gasteiger partial charge in [-0.1, -0.05) is 0 Å². The van der Waals surface area contributed by atoms with E-state index in [9.17, 15) is 24.6 Å². The van der Waals surface area contributed by atoms with Gasteiger partial charge in [-0.15, -0.1) is 0 Å². The first kappa shape index (κ1) is 18.9. The minimum atomic E-state index is -1.91. The highest BCUT2D eigenvalue weighted by atomic mass is 16.6. The lowest BCUT2D eigenvalue weighted by Crippen LogP contribution is -2.40. The van der Waals surface area contributed by atoms with Crippen LogP contribution in [0.15, 0.2) is 24.3 Å². The fourth-order valence-corrected chi connectivity index (χ4v) is 2.58. The van der Waals surface area contributed by atoms with Crippen LogP contribution in [0.25, 0.3) is 0 Å². The molecular weight excluding hydrogens is 330 g/mol. The third kappa shape index (κ3) is 3.97. The van der Waals surface area contributed by atoms with Gasteiger partial charge in [-0.2, -0.15) is 0 Å². The van der Waals surface area contributed by atoms with Crippen LogP contribution < -0.4 is 4.90 Å². The zero-order chi connectivity index (χ0) is 18.6. The second-order valence-electron chi connectivity index (χ2n) is 5.51. The summed E-state index contributed by atoms with van der Waals surface area (Å²) < 4.78 is 9.75. The maximum atomic E-state index is 12.2. The van der Waals surface area contributed by atoms with Crippen molar-refractivity contribution in [1.82, 2.24) is 0 Å². The van der Waals surface area contributed by atoms with Crippen LogP contribution >= 0.6 is 0 Å². The molecule has 1 aliphatic heterocycles. The number of aliphatic hydroxyl groups is 2. The maximum Gasteiger partial charge on any atom is 0.343 e. The van der Waals surface area contributed by atoms with E-state index in [2.05, 4.69) is 9.64 Å². The molecule has 8 heteroatoms. The Morgan fingerprint density at radius 2 is 1.84 bits per heavy atom. The molecule has 0 spiro atoms. The van der Waals surface area contributed by atoms with E-state index in [1.807, 2.05) is 13.8 Å². The van der Waals surface area contributed by atoms with Crippen LogP contribution in [-0.2, 0) is 19.1 Å². The summed E-state index contributed by atoms with van der Waals surface area (Å²) >= 11 is 0. The van der Waals surface area contributed by atoms with Gasteiger partial charge in [-0.3, -0.25) is 4.79 Å². The molecular formula is C17H21NO7. The number of hydrogen-bond donors (Lipinski definition) is 2. The van der Waals surface area contributed by atoms with Gasteiger partial charge in [0.25, 0.3) is 0 Å². The Balaban J connectivity index is 2.07. The van der Waals surface area contributed by atoms with E-state index in [0.717, 1.165) is 18.8 Å². The summed E-state index contributed by atoms with van der Waals surface area (Å²) in [5.74, 6) is -2.82. The number of Topliss-reactive ketones (excluding diaryl/α,β-unsaturated/α-hetero) is 1. The van der Waals surface area contributed by atoms with Crippen molar-refractivity contribution >= 4 is 23.4 Å². The Hall–Kier alpha value is -2.45. The van der Waals surface area contributed by atoms with E-state index in [0.29, 0.717) is 0 Å². The second kappa shape index (κ2) is 8.09. The zero-order valence-corrected chi connectivity index (χ0v) is 14.0. The molecule has 1 aliphatic rings. The molecule has 0 aromatic heterocycles. The highest BCUT2D eigenvalue weighted by molar-refractivity contribution is 6.09. The predicted molar refractivity (Wildman–Crippen MR) is 87.2 cm³/mol. The quantitative estimate of drug-likeness (QED) is 0.517. The standard InChI is InChI=1S/C17H21NO7/c1-3-18(4-2)11-7-5-10(6-8-11)16(22)24-12(9-19)15-13(20)14(21)17(23)25-15/h5-8,12,14-15,19,21H,3-4,9H2,1-2H3. The number of ether oxygens (including phenoxy) is 2. The number of benzene rings is 1. The summed E-state index contributed by atoms with van der Waals surface area (Å²) in [5, 5.41) is 18.7. The van der Waals surface area contributed by atoms with E-state index < -0.39 is 42.6 Å². The van der Waals surface area contributed by atoms with Gasteiger partial charge in [0.15, 0.2) is 6.10 Å². The molecule has 0 aliphatic carbocycles. The average Bonchev–Trinajstić information content (AvgIpc) is 2.88. The van der Waals surface area contributed by atoms with Gasteiger partial charge in [0.05, 0.1) is 12.2 Å². The molecule has 2 rings (SSSR count). The minimum absolute atomic E-state index is 0.228. The lowest BCUT2D eigenvalue weighted by atomic mass is 10.1. The number of nitrogens with zero attached hydrogens (tertiary/aromatic N) is 1. The monoisotopic (exact) mass is 351 g/mol. The van der Waals surface area contributed by atoms with E-state index >= 15 is 0 Å². The van der Waals surface area contributed by atoms with Gasteiger partial charge in [-0.05, 0) is 38.1 Å². The molecule has 0 saturated carbocycles. The number of cyclic esters (lactones) is 1. The molecule has 0 radical (unpaired) electrons. The Kier molecular flexibility index (Phi) is 6.11. The third-order valence-electron chi connectivity index (χ3n) is 4.02. The van der Waals surface area contributed by atoms with E-state index in [-0.39, 0.29) is 5.56 Å². The number of rotatable bonds is 7. The van der Waals surface area contributed by atoms with E-state index in [1.165, 1.54) is 0 Å². The number of ketones is 1. The lowest BCUT2D eigenvalue weighted by Gasteiger charge is -2.22. The van der Waals surface area contributed by atoms with Crippen molar-refractivity contribution in [2.75, 3.05) is 24.6 Å². The molecule has 1 saturated heterocycles. The van der Waals surface area contributed by atoms with Crippen molar-refractivity contribution in [3.8, 4) is 0 Å². The molecule has 0 bridgehead atoms. The van der Waals surface area contributed by atoms with Gasteiger partial charge in [0, 0.05) is 18.8 Å². The van der Waals surface area contributed by atoms with Crippen LogP contribution in [0.4, 0.5) is 5.69 Å². The molecule has 8 nitrogen and oxygen atoms in total. The highest BCUT2D eigenvalue weighted by Gasteiger charge is 2.47. The summed E-state index contributed by atoms with van der Waals surface area (Å²) in [6, 6.07) is 6.67. The van der Waals surface area contributed by atoms with Crippen molar-refractivity contribution in [2.45, 2.75) is 32.2 Å². The van der Waals surface area contributed by atoms with E-state index in [1.54, 1.807) is 24.3 Å². The molecule has 0 amide bonds. The molecule has 1 heterocycles. The van der Waals surface area contributed by atoms with Crippen molar-refractivity contribution in [3.05, 3.63) is 29.8 Å². The molecule has 3 unspecified atom stereocenters. The van der Waals surface area contributed by atoms with Gasteiger partial charge >= 0.3 is 11.9 Å². The number of anilines is 1. The maximum absolute atomic E-state index is 12.2. The first-order valence-corrected chi connectivity index (χ1v) is 8.02. The van der Waals surface area contributed by atoms with Crippen molar-refractivity contribution < 1.29 is 34.1 Å². The topological polar surface area (TPSA) is 113 Å². The molecule has 3 atom stereocenters. The largest absolute Gasteiger partial charge is 0.452 e. The Bertz CT molecular complexity index is 639. The Morgan fingerprint density at radius 1 is 1.24 bits per heavy atom.